The van der Waals surface area contributed by atoms with Gasteiger partial charge in [-0.3, -0.25) is 14.5 Å². The zero-order valence-electron chi connectivity index (χ0n) is 16.6. The minimum absolute atomic E-state index is 0.314. The summed E-state index contributed by atoms with van der Waals surface area (Å²) in [5.74, 6) is -0.339. The van der Waals surface area contributed by atoms with Crippen LogP contribution in [0.15, 0.2) is 42.5 Å². The zero-order chi connectivity index (χ0) is 20.6. The number of hydrogen-bond acceptors (Lipinski definition) is 4. The molecule has 0 spiro atoms. The van der Waals surface area contributed by atoms with E-state index in [9.17, 15) is 9.59 Å². The van der Waals surface area contributed by atoms with Crippen molar-refractivity contribution in [3.8, 4) is 5.75 Å². The van der Waals surface area contributed by atoms with E-state index in [1.807, 2.05) is 12.1 Å². The van der Waals surface area contributed by atoms with Crippen LogP contribution >= 0.6 is 11.6 Å². The largest absolute Gasteiger partial charge is 0.466 e. The predicted molar refractivity (Wildman–Crippen MR) is 112 cm³/mol. The first-order valence-electron chi connectivity index (χ1n) is 9.73. The Bertz CT molecular complexity index is 956. The van der Waals surface area contributed by atoms with Crippen LogP contribution in [0.25, 0.3) is 0 Å². The van der Waals surface area contributed by atoms with Gasteiger partial charge in [0.15, 0.2) is 0 Å². The fraction of sp³-hybridized carbons (Fsp3) is 0.364. The molecule has 1 N–H and O–H groups in total. The molecule has 2 aromatic rings. The summed E-state index contributed by atoms with van der Waals surface area (Å²) in [6.07, 6.45) is 0. The fourth-order valence-corrected chi connectivity index (χ4v) is 3.95. The monoisotopic (exact) mass is 413 g/mol. The van der Waals surface area contributed by atoms with Gasteiger partial charge in [-0.1, -0.05) is 35.9 Å². The Hall–Kier alpha value is -2.57. The van der Waals surface area contributed by atoms with Gasteiger partial charge >= 0.3 is 0 Å². The van der Waals surface area contributed by atoms with Crippen molar-refractivity contribution >= 4 is 29.1 Å². The Kier molecular flexibility index (Phi) is 5.23. The van der Waals surface area contributed by atoms with Crippen LogP contribution in [-0.4, -0.2) is 53.4 Å². The van der Waals surface area contributed by atoms with Crippen molar-refractivity contribution in [3.63, 3.8) is 0 Å². The van der Waals surface area contributed by atoms with E-state index in [2.05, 4.69) is 29.3 Å². The summed E-state index contributed by atoms with van der Waals surface area (Å²) in [5, 5.41) is 3.25. The first-order valence-corrected chi connectivity index (χ1v) is 10.1. The van der Waals surface area contributed by atoms with E-state index in [-0.39, 0.29) is 5.91 Å². The Morgan fingerprint density at radius 2 is 1.90 bits per heavy atom. The first-order chi connectivity index (χ1) is 13.9. The molecule has 0 aromatic heterocycles. The van der Waals surface area contributed by atoms with Crippen LogP contribution in [0.5, 0.6) is 5.75 Å². The van der Waals surface area contributed by atoms with Crippen LogP contribution in [0.3, 0.4) is 0 Å². The van der Waals surface area contributed by atoms with E-state index in [1.54, 1.807) is 23.1 Å². The van der Waals surface area contributed by atoms with Gasteiger partial charge in [0.25, 0.3) is 17.4 Å². The zero-order valence-corrected chi connectivity index (χ0v) is 17.3. The molecule has 6 nitrogen and oxygen atoms in total. The Balaban J connectivity index is 1.42. The number of carbonyl (C=O) groups excluding carboxylic acids is 2. The molecule has 0 radical (unpaired) electrons. The number of rotatable bonds is 3. The van der Waals surface area contributed by atoms with Crippen LogP contribution in [0.1, 0.15) is 18.1 Å². The molecule has 152 valence electrons. The van der Waals surface area contributed by atoms with Crippen molar-refractivity contribution in [1.82, 2.24) is 9.80 Å². The number of hydrogen-bond donors (Lipinski definition) is 1. The van der Waals surface area contributed by atoms with Crippen molar-refractivity contribution in [1.29, 1.82) is 0 Å². The van der Waals surface area contributed by atoms with Gasteiger partial charge in [0, 0.05) is 37.7 Å². The minimum atomic E-state index is -1.58. The minimum Gasteiger partial charge on any atom is -0.466 e. The summed E-state index contributed by atoms with van der Waals surface area (Å²) < 4.78 is 5.86. The summed E-state index contributed by atoms with van der Waals surface area (Å²) in [6, 6.07) is 13.3. The van der Waals surface area contributed by atoms with Crippen LogP contribution in [-0.2, 0) is 16.1 Å². The van der Waals surface area contributed by atoms with Crippen molar-refractivity contribution in [2.75, 3.05) is 31.5 Å². The highest BCUT2D eigenvalue weighted by molar-refractivity contribution is 6.31. The number of anilines is 1. The molecule has 1 fully saturated rings. The van der Waals surface area contributed by atoms with Gasteiger partial charge in [-0.2, -0.15) is 0 Å². The maximum atomic E-state index is 13.2. The molecule has 2 aliphatic rings. The van der Waals surface area contributed by atoms with Gasteiger partial charge in [0.05, 0.1) is 5.69 Å². The summed E-state index contributed by atoms with van der Waals surface area (Å²) in [6.45, 7) is 7.13. The number of fused-ring (bicyclic) bond motifs is 1. The molecule has 2 heterocycles. The smallest absolute Gasteiger partial charge is 0.278 e. The van der Waals surface area contributed by atoms with Gasteiger partial charge < -0.3 is 15.0 Å². The van der Waals surface area contributed by atoms with E-state index < -0.39 is 11.5 Å². The summed E-state index contributed by atoms with van der Waals surface area (Å²) in [7, 11) is 0. The number of aryl methyl sites for hydroxylation is 1. The second-order valence-corrected chi connectivity index (χ2v) is 8.16. The molecule has 2 aromatic carbocycles. The normalized spacial score (nSPS) is 21.9. The lowest BCUT2D eigenvalue weighted by atomic mass is 10.00. The molecule has 1 atom stereocenters. The second-order valence-electron chi connectivity index (χ2n) is 7.72. The van der Waals surface area contributed by atoms with E-state index in [1.165, 1.54) is 18.1 Å². The third-order valence-corrected chi connectivity index (χ3v) is 5.90. The number of ether oxygens (including phenoxy) is 1. The average molecular weight is 414 g/mol. The van der Waals surface area contributed by atoms with Gasteiger partial charge in [0.2, 0.25) is 0 Å². The molecule has 0 saturated carbocycles. The number of piperazine rings is 1. The van der Waals surface area contributed by atoms with Crippen molar-refractivity contribution in [2.24, 2.45) is 0 Å². The quantitative estimate of drug-likeness (QED) is 0.785. The molecule has 7 heteroatoms. The number of nitrogens with zero attached hydrogens (tertiary/aromatic N) is 2. The number of carbonyl (C=O) groups is 2. The summed E-state index contributed by atoms with van der Waals surface area (Å²) in [5.41, 5.74) is 1.46. The van der Waals surface area contributed by atoms with E-state index in [0.717, 1.165) is 19.6 Å². The van der Waals surface area contributed by atoms with Crippen molar-refractivity contribution < 1.29 is 14.3 Å². The van der Waals surface area contributed by atoms with Crippen LogP contribution < -0.4 is 10.1 Å². The maximum Gasteiger partial charge on any atom is 0.278 e. The molecule has 1 unspecified atom stereocenters. The topological polar surface area (TPSA) is 61.9 Å². The van der Waals surface area contributed by atoms with Gasteiger partial charge in [-0.15, -0.1) is 0 Å². The average Bonchev–Trinajstić information content (AvgIpc) is 2.71. The maximum absolute atomic E-state index is 13.2. The molecule has 4 rings (SSSR count). The predicted octanol–water partition coefficient (Wildman–Crippen LogP) is 3.08. The van der Waals surface area contributed by atoms with Gasteiger partial charge in [-0.25, -0.2) is 0 Å². The first kappa shape index (κ1) is 19.7. The summed E-state index contributed by atoms with van der Waals surface area (Å²) >= 11 is 5.97. The third kappa shape index (κ3) is 3.82. The molecular weight excluding hydrogens is 390 g/mol. The van der Waals surface area contributed by atoms with Crippen LogP contribution in [0.4, 0.5) is 5.69 Å². The fourth-order valence-electron chi connectivity index (χ4n) is 3.78. The molecule has 0 aliphatic carbocycles. The SMILES string of the molecule is Cc1ccccc1CN1CCN(C(=O)C2(C)Oc3ccc(Cl)cc3NC2=O)CC1. The highest BCUT2D eigenvalue weighted by Gasteiger charge is 2.49. The van der Waals surface area contributed by atoms with E-state index in [0.29, 0.717) is 29.5 Å². The van der Waals surface area contributed by atoms with Crippen LogP contribution in [0.2, 0.25) is 5.02 Å². The summed E-state index contributed by atoms with van der Waals surface area (Å²) in [4.78, 5) is 29.9. The lowest BCUT2D eigenvalue weighted by Crippen LogP contribution is -2.62. The molecule has 2 aliphatic heterocycles. The lowest BCUT2D eigenvalue weighted by Gasteiger charge is -2.40. The Morgan fingerprint density at radius 1 is 1.17 bits per heavy atom. The van der Waals surface area contributed by atoms with Gasteiger partial charge in [0.1, 0.15) is 5.75 Å². The van der Waals surface area contributed by atoms with Gasteiger partial charge in [-0.05, 0) is 43.2 Å². The standard InChI is InChI=1S/C22H24ClN3O3/c1-15-5-3-4-6-16(15)14-25-9-11-26(12-10-25)21(28)22(2)20(27)24-18-13-17(23)7-8-19(18)29-22/h3-8,13H,9-12,14H2,1-2H3,(H,24,27). The number of benzene rings is 2. The molecule has 0 bridgehead atoms. The molecule has 2 amide bonds. The molecule has 29 heavy (non-hydrogen) atoms. The number of halogens is 1. The van der Waals surface area contributed by atoms with Crippen molar-refractivity contribution in [2.45, 2.75) is 26.0 Å². The van der Waals surface area contributed by atoms with E-state index >= 15 is 0 Å². The number of amides is 2. The number of nitrogens with one attached hydrogen (secondary N) is 1. The molecule has 1 saturated heterocycles. The second kappa shape index (κ2) is 7.69. The Morgan fingerprint density at radius 3 is 2.62 bits per heavy atom. The van der Waals surface area contributed by atoms with Crippen molar-refractivity contribution in [3.05, 3.63) is 58.6 Å². The van der Waals surface area contributed by atoms with Crippen LogP contribution in [0, 0.1) is 6.92 Å². The third-order valence-electron chi connectivity index (χ3n) is 5.66. The highest BCUT2D eigenvalue weighted by Crippen LogP contribution is 2.36. The Labute approximate surface area is 175 Å². The molecular formula is C22H24ClN3O3. The lowest BCUT2D eigenvalue weighted by molar-refractivity contribution is -0.155. The highest BCUT2D eigenvalue weighted by atomic mass is 35.5. The van der Waals surface area contributed by atoms with E-state index in [4.69, 9.17) is 16.3 Å².